The SMILES string of the molecule is O=C(NCC1CCCO1)c1cnc(N2CCc3ccccc3C2)nc1. The van der Waals surface area contributed by atoms with Crippen LogP contribution in [0.25, 0.3) is 0 Å². The predicted octanol–water partition coefficient (Wildman–Crippen LogP) is 1.95. The van der Waals surface area contributed by atoms with Gasteiger partial charge in [0.2, 0.25) is 5.95 Å². The second-order valence-electron chi connectivity index (χ2n) is 6.56. The van der Waals surface area contributed by atoms with E-state index in [9.17, 15) is 4.79 Å². The number of hydrogen-bond donors (Lipinski definition) is 1. The number of anilines is 1. The van der Waals surface area contributed by atoms with Gasteiger partial charge in [0.05, 0.1) is 11.7 Å². The molecule has 1 fully saturated rings. The highest BCUT2D eigenvalue weighted by Gasteiger charge is 2.19. The zero-order chi connectivity index (χ0) is 17.1. The zero-order valence-electron chi connectivity index (χ0n) is 14.1. The van der Waals surface area contributed by atoms with Crippen molar-refractivity contribution in [2.75, 3.05) is 24.6 Å². The lowest BCUT2D eigenvalue weighted by Crippen LogP contribution is -2.33. The lowest BCUT2D eigenvalue weighted by Gasteiger charge is -2.28. The van der Waals surface area contributed by atoms with E-state index in [1.165, 1.54) is 11.1 Å². The summed E-state index contributed by atoms with van der Waals surface area (Å²) in [6.45, 7) is 3.03. The molecule has 0 spiro atoms. The number of ether oxygens (including phenoxy) is 1. The Morgan fingerprint density at radius 3 is 2.80 bits per heavy atom. The highest BCUT2D eigenvalue weighted by Crippen LogP contribution is 2.21. The molecule has 1 N–H and O–H groups in total. The number of hydrogen-bond acceptors (Lipinski definition) is 5. The molecular weight excluding hydrogens is 316 g/mol. The van der Waals surface area contributed by atoms with Crippen LogP contribution in [0.15, 0.2) is 36.7 Å². The first-order chi connectivity index (χ1) is 12.3. The number of rotatable bonds is 4. The normalized spacial score (nSPS) is 19.5. The monoisotopic (exact) mass is 338 g/mol. The maximum atomic E-state index is 12.2. The van der Waals surface area contributed by atoms with Crippen LogP contribution in [0.5, 0.6) is 0 Å². The number of benzene rings is 1. The number of carbonyl (C=O) groups is 1. The van der Waals surface area contributed by atoms with Crippen LogP contribution in [-0.2, 0) is 17.7 Å². The second-order valence-corrected chi connectivity index (χ2v) is 6.56. The maximum Gasteiger partial charge on any atom is 0.254 e. The molecule has 4 rings (SSSR count). The van der Waals surface area contributed by atoms with Gasteiger partial charge in [-0.2, -0.15) is 0 Å². The molecule has 130 valence electrons. The van der Waals surface area contributed by atoms with Crippen molar-refractivity contribution >= 4 is 11.9 Å². The van der Waals surface area contributed by atoms with E-state index in [2.05, 4.69) is 44.5 Å². The topological polar surface area (TPSA) is 67.3 Å². The summed E-state index contributed by atoms with van der Waals surface area (Å²) in [5.41, 5.74) is 3.19. The van der Waals surface area contributed by atoms with Crippen molar-refractivity contribution in [3.05, 3.63) is 53.3 Å². The van der Waals surface area contributed by atoms with Crippen LogP contribution in [0.3, 0.4) is 0 Å². The summed E-state index contributed by atoms with van der Waals surface area (Å²) in [6, 6.07) is 8.46. The quantitative estimate of drug-likeness (QED) is 0.923. The van der Waals surface area contributed by atoms with Gasteiger partial charge < -0.3 is 15.0 Å². The molecule has 1 amide bonds. The van der Waals surface area contributed by atoms with E-state index >= 15 is 0 Å². The summed E-state index contributed by atoms with van der Waals surface area (Å²) in [4.78, 5) is 23.1. The van der Waals surface area contributed by atoms with E-state index in [4.69, 9.17) is 4.74 Å². The molecule has 1 aromatic heterocycles. The van der Waals surface area contributed by atoms with Crippen molar-refractivity contribution in [3.63, 3.8) is 0 Å². The molecule has 0 radical (unpaired) electrons. The Labute approximate surface area is 147 Å². The number of carbonyl (C=O) groups excluding carboxylic acids is 1. The first-order valence-corrected chi connectivity index (χ1v) is 8.83. The third-order valence-corrected chi connectivity index (χ3v) is 4.83. The van der Waals surface area contributed by atoms with Gasteiger partial charge in [-0.05, 0) is 30.4 Å². The summed E-state index contributed by atoms with van der Waals surface area (Å²) in [5, 5.41) is 2.90. The molecular formula is C19H22N4O2. The minimum Gasteiger partial charge on any atom is -0.376 e. The highest BCUT2D eigenvalue weighted by molar-refractivity contribution is 5.93. The lowest BCUT2D eigenvalue weighted by molar-refractivity contribution is 0.0857. The van der Waals surface area contributed by atoms with Gasteiger partial charge in [-0.1, -0.05) is 24.3 Å². The summed E-state index contributed by atoms with van der Waals surface area (Å²) < 4.78 is 5.51. The molecule has 3 heterocycles. The molecule has 0 aliphatic carbocycles. The van der Waals surface area contributed by atoms with Crippen molar-refractivity contribution in [2.45, 2.75) is 31.9 Å². The smallest absolute Gasteiger partial charge is 0.254 e. The van der Waals surface area contributed by atoms with Crippen molar-refractivity contribution < 1.29 is 9.53 Å². The summed E-state index contributed by atoms with van der Waals surface area (Å²) in [5.74, 6) is 0.524. The van der Waals surface area contributed by atoms with Crippen molar-refractivity contribution in [1.29, 1.82) is 0 Å². The van der Waals surface area contributed by atoms with Crippen LogP contribution in [-0.4, -0.2) is 41.7 Å². The molecule has 0 saturated carbocycles. The Kier molecular flexibility index (Phi) is 4.61. The Morgan fingerprint density at radius 1 is 1.24 bits per heavy atom. The van der Waals surface area contributed by atoms with E-state index in [1.54, 1.807) is 12.4 Å². The van der Waals surface area contributed by atoms with Gasteiger partial charge in [0.25, 0.3) is 5.91 Å². The van der Waals surface area contributed by atoms with Gasteiger partial charge in [-0.25, -0.2) is 9.97 Å². The molecule has 2 aliphatic rings. The molecule has 2 aliphatic heterocycles. The van der Waals surface area contributed by atoms with E-state index in [-0.39, 0.29) is 12.0 Å². The Balaban J connectivity index is 1.37. The first-order valence-electron chi connectivity index (χ1n) is 8.83. The number of fused-ring (bicyclic) bond motifs is 1. The Hall–Kier alpha value is -2.47. The fraction of sp³-hybridized carbons (Fsp3) is 0.421. The molecule has 1 unspecified atom stereocenters. The minimum atomic E-state index is -0.147. The number of aromatic nitrogens is 2. The third kappa shape index (κ3) is 3.64. The van der Waals surface area contributed by atoms with Gasteiger partial charge in [0.15, 0.2) is 0 Å². The minimum absolute atomic E-state index is 0.137. The fourth-order valence-corrected chi connectivity index (χ4v) is 3.38. The van der Waals surface area contributed by atoms with Gasteiger partial charge in [-0.15, -0.1) is 0 Å². The maximum absolute atomic E-state index is 12.2. The van der Waals surface area contributed by atoms with Gasteiger partial charge >= 0.3 is 0 Å². The van der Waals surface area contributed by atoms with E-state index in [0.717, 1.165) is 39.0 Å². The third-order valence-electron chi connectivity index (χ3n) is 4.83. The average Bonchev–Trinajstić information content (AvgIpc) is 3.19. The molecule has 6 nitrogen and oxygen atoms in total. The van der Waals surface area contributed by atoms with Crippen LogP contribution < -0.4 is 10.2 Å². The predicted molar refractivity (Wildman–Crippen MR) is 94.5 cm³/mol. The molecule has 6 heteroatoms. The Bertz CT molecular complexity index is 741. The van der Waals surface area contributed by atoms with E-state index in [1.807, 2.05) is 0 Å². The summed E-state index contributed by atoms with van der Waals surface area (Å²) in [7, 11) is 0. The number of amides is 1. The first kappa shape index (κ1) is 16.0. The average molecular weight is 338 g/mol. The van der Waals surface area contributed by atoms with Crippen molar-refractivity contribution in [1.82, 2.24) is 15.3 Å². The lowest BCUT2D eigenvalue weighted by atomic mass is 10.0. The second kappa shape index (κ2) is 7.19. The van der Waals surface area contributed by atoms with E-state index < -0.39 is 0 Å². The highest BCUT2D eigenvalue weighted by atomic mass is 16.5. The van der Waals surface area contributed by atoms with Gasteiger partial charge in [0.1, 0.15) is 0 Å². The fourth-order valence-electron chi connectivity index (χ4n) is 3.38. The molecule has 25 heavy (non-hydrogen) atoms. The summed E-state index contributed by atoms with van der Waals surface area (Å²) in [6.07, 6.45) is 6.41. The van der Waals surface area contributed by atoms with Crippen LogP contribution in [0, 0.1) is 0 Å². The largest absolute Gasteiger partial charge is 0.376 e. The van der Waals surface area contributed by atoms with Crippen LogP contribution in [0.1, 0.15) is 34.3 Å². The molecule has 1 saturated heterocycles. The van der Waals surface area contributed by atoms with E-state index in [0.29, 0.717) is 18.1 Å². The van der Waals surface area contributed by atoms with Crippen LogP contribution in [0.2, 0.25) is 0 Å². The molecule has 2 aromatic rings. The summed E-state index contributed by atoms with van der Waals surface area (Å²) >= 11 is 0. The van der Waals surface area contributed by atoms with Crippen molar-refractivity contribution in [3.8, 4) is 0 Å². The zero-order valence-corrected chi connectivity index (χ0v) is 14.1. The number of nitrogens with zero attached hydrogens (tertiary/aromatic N) is 3. The molecule has 1 aromatic carbocycles. The number of nitrogens with one attached hydrogen (secondary N) is 1. The standard InChI is InChI=1S/C19H22N4O2/c24-18(20-12-17-6-3-9-25-17)16-10-21-19(22-11-16)23-8-7-14-4-1-2-5-15(14)13-23/h1-2,4-5,10-11,17H,3,6-9,12-13H2,(H,20,24). The molecule has 1 atom stereocenters. The Morgan fingerprint density at radius 2 is 2.04 bits per heavy atom. The van der Waals surface area contributed by atoms with Gasteiger partial charge in [0, 0.05) is 38.6 Å². The van der Waals surface area contributed by atoms with Crippen molar-refractivity contribution in [2.24, 2.45) is 0 Å². The van der Waals surface area contributed by atoms with Gasteiger partial charge in [-0.3, -0.25) is 4.79 Å². The van der Waals surface area contributed by atoms with Crippen LogP contribution >= 0.6 is 0 Å². The molecule has 0 bridgehead atoms. The van der Waals surface area contributed by atoms with Crippen LogP contribution in [0.4, 0.5) is 5.95 Å².